The van der Waals surface area contributed by atoms with Gasteiger partial charge in [-0.1, -0.05) is 24.3 Å². The molecule has 1 aromatic rings. The van der Waals surface area contributed by atoms with Crippen molar-refractivity contribution >= 4 is 16.7 Å². The number of aliphatic hydroxyl groups excluding tert-OH is 1. The minimum Gasteiger partial charge on any atom is -0.395 e. The summed E-state index contributed by atoms with van der Waals surface area (Å²) in [6.07, 6.45) is 0.769. The van der Waals surface area contributed by atoms with E-state index in [2.05, 4.69) is 5.32 Å². The van der Waals surface area contributed by atoms with Crippen molar-refractivity contribution in [3.8, 4) is 0 Å². The largest absolute Gasteiger partial charge is 0.395 e. The Bertz CT molecular complexity index is 420. The molecule has 0 aromatic heterocycles. The Morgan fingerprint density at radius 3 is 2.78 bits per heavy atom. The third-order valence-electron chi connectivity index (χ3n) is 2.59. The summed E-state index contributed by atoms with van der Waals surface area (Å²) in [5.74, 6) is -0.102. The van der Waals surface area contributed by atoms with E-state index in [1.807, 2.05) is 31.2 Å². The molecule has 4 nitrogen and oxygen atoms in total. The molecule has 1 rings (SSSR count). The number of hydrogen-bond acceptors (Lipinski definition) is 3. The molecule has 0 heterocycles. The first-order chi connectivity index (χ1) is 8.63. The normalized spacial score (nSPS) is 12.1. The molecule has 1 amide bonds. The van der Waals surface area contributed by atoms with Crippen LogP contribution in [0.3, 0.4) is 0 Å². The maximum atomic E-state index is 11.4. The van der Waals surface area contributed by atoms with Gasteiger partial charge in [-0.2, -0.15) is 0 Å². The Kier molecular flexibility index (Phi) is 6.60. The van der Waals surface area contributed by atoms with Crippen LogP contribution in [0.25, 0.3) is 0 Å². The Balaban J connectivity index is 2.28. The average Bonchev–Trinajstić information content (AvgIpc) is 2.31. The van der Waals surface area contributed by atoms with Crippen LogP contribution >= 0.6 is 0 Å². The molecule has 0 fully saturated rings. The average molecular weight is 269 g/mol. The highest BCUT2D eigenvalue weighted by atomic mass is 32.2. The Morgan fingerprint density at radius 2 is 2.11 bits per heavy atom. The van der Waals surface area contributed by atoms with E-state index in [4.69, 9.17) is 5.11 Å². The van der Waals surface area contributed by atoms with Crippen LogP contribution in [0, 0.1) is 6.92 Å². The van der Waals surface area contributed by atoms with E-state index in [0.29, 0.717) is 6.54 Å². The van der Waals surface area contributed by atoms with Crippen LogP contribution in [-0.4, -0.2) is 39.9 Å². The van der Waals surface area contributed by atoms with E-state index in [0.717, 1.165) is 6.42 Å². The second kappa shape index (κ2) is 8.00. The van der Waals surface area contributed by atoms with Crippen molar-refractivity contribution in [2.45, 2.75) is 13.3 Å². The van der Waals surface area contributed by atoms with Gasteiger partial charge in [0.1, 0.15) is 5.75 Å². The van der Waals surface area contributed by atoms with E-state index in [-0.39, 0.29) is 24.0 Å². The zero-order chi connectivity index (χ0) is 13.4. The predicted molar refractivity (Wildman–Crippen MR) is 72.9 cm³/mol. The first kappa shape index (κ1) is 14.9. The molecule has 0 aliphatic rings. The fraction of sp³-hybridized carbons (Fsp3) is 0.462. The van der Waals surface area contributed by atoms with Gasteiger partial charge in [-0.15, -0.1) is 0 Å². The number of aryl methyl sites for hydroxylation is 1. The van der Waals surface area contributed by atoms with E-state index in [1.54, 1.807) is 0 Å². The maximum absolute atomic E-state index is 11.4. The van der Waals surface area contributed by atoms with Gasteiger partial charge in [0.05, 0.1) is 6.61 Å². The van der Waals surface area contributed by atoms with E-state index < -0.39 is 10.8 Å². The van der Waals surface area contributed by atoms with Gasteiger partial charge in [0.2, 0.25) is 5.91 Å². The van der Waals surface area contributed by atoms with Crippen LogP contribution in [0.15, 0.2) is 24.3 Å². The number of aliphatic hydroxyl groups is 1. The Hall–Kier alpha value is -1.20. The monoisotopic (exact) mass is 269 g/mol. The molecule has 0 radical (unpaired) electrons. The van der Waals surface area contributed by atoms with E-state index >= 15 is 0 Å². The number of nitrogens with one attached hydrogen (secondary N) is 1. The van der Waals surface area contributed by atoms with E-state index in [1.165, 1.54) is 11.1 Å². The molecule has 0 saturated heterocycles. The van der Waals surface area contributed by atoms with Gasteiger partial charge in [0, 0.05) is 23.1 Å². The summed E-state index contributed by atoms with van der Waals surface area (Å²) in [4.78, 5) is 11.4. The molecule has 0 saturated carbocycles. The zero-order valence-electron chi connectivity index (χ0n) is 10.5. The van der Waals surface area contributed by atoms with Crippen LogP contribution in [-0.2, 0) is 22.0 Å². The summed E-state index contributed by atoms with van der Waals surface area (Å²) in [6.45, 7) is 2.43. The first-order valence-corrected chi connectivity index (χ1v) is 7.39. The van der Waals surface area contributed by atoms with Crippen molar-refractivity contribution in [3.63, 3.8) is 0 Å². The summed E-state index contributed by atoms with van der Waals surface area (Å²) >= 11 is 0. The first-order valence-electron chi connectivity index (χ1n) is 5.90. The lowest BCUT2D eigenvalue weighted by atomic mass is 10.1. The number of rotatable bonds is 7. The van der Waals surface area contributed by atoms with Gasteiger partial charge in [-0.3, -0.25) is 9.00 Å². The molecule has 0 unspecified atom stereocenters. The lowest BCUT2D eigenvalue weighted by molar-refractivity contribution is -0.118. The molecule has 1 aromatic carbocycles. The van der Waals surface area contributed by atoms with Crippen molar-refractivity contribution in [2.75, 3.05) is 24.7 Å². The zero-order valence-corrected chi connectivity index (χ0v) is 11.3. The van der Waals surface area contributed by atoms with E-state index in [9.17, 15) is 9.00 Å². The van der Waals surface area contributed by atoms with Crippen LogP contribution in [0.2, 0.25) is 0 Å². The smallest absolute Gasteiger partial charge is 0.232 e. The molecule has 100 valence electrons. The molecule has 1 atom stereocenters. The highest BCUT2D eigenvalue weighted by Gasteiger charge is 2.06. The van der Waals surface area contributed by atoms with Crippen molar-refractivity contribution in [2.24, 2.45) is 0 Å². The molecule has 0 aliphatic carbocycles. The summed E-state index contributed by atoms with van der Waals surface area (Å²) < 4.78 is 11.2. The van der Waals surface area contributed by atoms with Gasteiger partial charge < -0.3 is 10.4 Å². The fourth-order valence-corrected chi connectivity index (χ4v) is 2.34. The van der Waals surface area contributed by atoms with Crippen molar-refractivity contribution in [1.29, 1.82) is 0 Å². The van der Waals surface area contributed by atoms with Crippen LogP contribution in [0.1, 0.15) is 11.1 Å². The summed E-state index contributed by atoms with van der Waals surface area (Å²) in [6, 6.07) is 8.02. The Morgan fingerprint density at radius 1 is 1.39 bits per heavy atom. The number of carbonyl (C=O) groups excluding carboxylic acids is 1. The van der Waals surface area contributed by atoms with Gasteiger partial charge in [-0.25, -0.2) is 0 Å². The van der Waals surface area contributed by atoms with Gasteiger partial charge in [0.15, 0.2) is 0 Å². The quantitative estimate of drug-likeness (QED) is 0.753. The lowest BCUT2D eigenvalue weighted by Gasteiger charge is -2.07. The molecule has 5 heteroatoms. The molecule has 0 aliphatic heterocycles. The number of amides is 1. The van der Waals surface area contributed by atoms with Crippen molar-refractivity contribution in [1.82, 2.24) is 5.32 Å². The van der Waals surface area contributed by atoms with Crippen molar-refractivity contribution in [3.05, 3.63) is 35.4 Å². The predicted octanol–water partition coefficient (Wildman–Crippen LogP) is 0.395. The van der Waals surface area contributed by atoms with Gasteiger partial charge in [-0.05, 0) is 24.5 Å². The third kappa shape index (κ3) is 5.42. The second-order valence-corrected chi connectivity index (χ2v) is 5.61. The highest BCUT2D eigenvalue weighted by molar-refractivity contribution is 7.85. The van der Waals surface area contributed by atoms with Gasteiger partial charge in [0.25, 0.3) is 0 Å². The lowest BCUT2D eigenvalue weighted by Crippen LogP contribution is -2.31. The minimum absolute atomic E-state index is 0.0334. The molecule has 2 N–H and O–H groups in total. The standard InChI is InChI=1S/C13H19NO3S/c1-11-4-2-3-5-12(11)6-7-14-13(16)10-18(17)9-8-15/h2-5,15H,6-10H2,1H3,(H,14,16)/t18-/m1/s1. The number of hydrogen-bond donors (Lipinski definition) is 2. The second-order valence-electron chi connectivity index (χ2n) is 4.04. The summed E-state index contributed by atoms with van der Waals surface area (Å²) in [7, 11) is -1.26. The minimum atomic E-state index is -1.26. The molecular formula is C13H19NO3S. The van der Waals surface area contributed by atoms with Crippen LogP contribution < -0.4 is 5.32 Å². The van der Waals surface area contributed by atoms with Gasteiger partial charge >= 0.3 is 0 Å². The third-order valence-corrected chi connectivity index (χ3v) is 3.81. The fourth-order valence-electron chi connectivity index (χ4n) is 1.60. The highest BCUT2D eigenvalue weighted by Crippen LogP contribution is 2.06. The molecule has 0 spiro atoms. The topological polar surface area (TPSA) is 66.4 Å². The molecule has 0 bridgehead atoms. The number of benzene rings is 1. The SMILES string of the molecule is Cc1ccccc1CCNC(=O)C[S@](=O)CCO. The Labute approximate surface area is 110 Å². The number of carbonyl (C=O) groups is 1. The summed E-state index contributed by atoms with van der Waals surface area (Å²) in [5, 5.41) is 11.3. The maximum Gasteiger partial charge on any atom is 0.232 e. The van der Waals surface area contributed by atoms with Crippen LogP contribution in [0.5, 0.6) is 0 Å². The summed E-state index contributed by atoms with van der Waals surface area (Å²) in [5.41, 5.74) is 2.41. The van der Waals surface area contributed by atoms with Crippen molar-refractivity contribution < 1.29 is 14.1 Å². The molecule has 18 heavy (non-hydrogen) atoms. The van der Waals surface area contributed by atoms with Crippen LogP contribution in [0.4, 0.5) is 0 Å². The molecular weight excluding hydrogens is 250 g/mol.